The summed E-state index contributed by atoms with van der Waals surface area (Å²) in [5, 5.41) is 19.1. The number of Topliss-reactive ketones (excluding diaryl/α,β-unsaturated/α-hetero) is 1. The first kappa shape index (κ1) is 13.3. The molecule has 0 saturated heterocycles. The third-order valence-corrected chi connectivity index (χ3v) is 3.43. The first-order valence-corrected chi connectivity index (χ1v) is 6.47. The second-order valence-electron chi connectivity index (χ2n) is 4.88. The van der Waals surface area contributed by atoms with Gasteiger partial charge in [0, 0.05) is 17.7 Å². The second kappa shape index (κ2) is 5.01. The predicted octanol–water partition coefficient (Wildman–Crippen LogP) is 2.81. The van der Waals surface area contributed by atoms with Gasteiger partial charge in [0.2, 0.25) is 0 Å². The molecule has 1 aliphatic heterocycles. The molecule has 1 heterocycles. The standard InChI is InChI=1S/C16H14O5/c1-20-12-2-3-13-14(19)8-15(21-16(13)7-12)9-4-10(17)6-11(18)5-9/h2-7,15,17-18H,8H2,1H3. The number of ketones is 1. The summed E-state index contributed by atoms with van der Waals surface area (Å²) < 4.78 is 10.9. The van der Waals surface area contributed by atoms with Gasteiger partial charge in [-0.25, -0.2) is 0 Å². The van der Waals surface area contributed by atoms with Crippen molar-refractivity contribution in [1.82, 2.24) is 0 Å². The molecule has 1 atom stereocenters. The zero-order chi connectivity index (χ0) is 15.0. The highest BCUT2D eigenvalue weighted by atomic mass is 16.5. The van der Waals surface area contributed by atoms with Gasteiger partial charge in [-0.15, -0.1) is 0 Å². The number of hydrogen-bond donors (Lipinski definition) is 2. The number of rotatable bonds is 2. The summed E-state index contributed by atoms with van der Waals surface area (Å²) in [6, 6.07) is 9.21. The maximum Gasteiger partial charge on any atom is 0.170 e. The summed E-state index contributed by atoms with van der Waals surface area (Å²) in [6.07, 6.45) is -0.391. The van der Waals surface area contributed by atoms with Gasteiger partial charge in [0.1, 0.15) is 29.1 Å². The Morgan fingerprint density at radius 1 is 1.14 bits per heavy atom. The zero-order valence-electron chi connectivity index (χ0n) is 11.4. The number of ether oxygens (including phenoxy) is 2. The van der Waals surface area contributed by atoms with Crippen LogP contribution in [0.4, 0.5) is 0 Å². The van der Waals surface area contributed by atoms with Crippen LogP contribution in [0.2, 0.25) is 0 Å². The van der Waals surface area contributed by atoms with Crippen LogP contribution in [-0.2, 0) is 0 Å². The van der Waals surface area contributed by atoms with Crippen molar-refractivity contribution in [2.24, 2.45) is 0 Å². The van der Waals surface area contributed by atoms with E-state index in [1.165, 1.54) is 25.3 Å². The van der Waals surface area contributed by atoms with Gasteiger partial charge in [0.25, 0.3) is 0 Å². The van der Waals surface area contributed by atoms with E-state index in [4.69, 9.17) is 9.47 Å². The smallest absolute Gasteiger partial charge is 0.170 e. The van der Waals surface area contributed by atoms with Gasteiger partial charge in [-0.1, -0.05) is 0 Å². The third kappa shape index (κ3) is 2.50. The lowest BCUT2D eigenvalue weighted by Crippen LogP contribution is -2.20. The molecule has 2 aromatic carbocycles. The maximum atomic E-state index is 12.2. The minimum absolute atomic E-state index is 0.0493. The number of aromatic hydroxyl groups is 2. The van der Waals surface area contributed by atoms with Gasteiger partial charge < -0.3 is 19.7 Å². The van der Waals surface area contributed by atoms with Crippen LogP contribution >= 0.6 is 0 Å². The van der Waals surface area contributed by atoms with E-state index in [9.17, 15) is 15.0 Å². The summed E-state index contributed by atoms with van der Waals surface area (Å²) in [4.78, 5) is 12.2. The van der Waals surface area contributed by atoms with E-state index in [2.05, 4.69) is 0 Å². The third-order valence-electron chi connectivity index (χ3n) is 3.43. The van der Waals surface area contributed by atoms with Crippen LogP contribution in [0.1, 0.15) is 28.4 Å². The second-order valence-corrected chi connectivity index (χ2v) is 4.88. The van der Waals surface area contributed by atoms with Crippen molar-refractivity contribution >= 4 is 5.78 Å². The van der Waals surface area contributed by atoms with E-state index in [0.29, 0.717) is 22.6 Å². The highest BCUT2D eigenvalue weighted by molar-refractivity contribution is 6.00. The van der Waals surface area contributed by atoms with E-state index in [1.54, 1.807) is 18.2 Å². The topological polar surface area (TPSA) is 76.0 Å². The Morgan fingerprint density at radius 2 is 1.86 bits per heavy atom. The first-order valence-electron chi connectivity index (χ1n) is 6.47. The molecule has 1 aliphatic rings. The van der Waals surface area contributed by atoms with Crippen LogP contribution in [0.15, 0.2) is 36.4 Å². The fourth-order valence-electron chi connectivity index (χ4n) is 2.42. The van der Waals surface area contributed by atoms with Crippen LogP contribution in [0, 0.1) is 0 Å². The van der Waals surface area contributed by atoms with Crippen molar-refractivity contribution in [3.63, 3.8) is 0 Å². The molecule has 3 rings (SSSR count). The Balaban J connectivity index is 1.98. The van der Waals surface area contributed by atoms with E-state index < -0.39 is 6.10 Å². The van der Waals surface area contributed by atoms with Crippen molar-refractivity contribution in [3.05, 3.63) is 47.5 Å². The Kier molecular flexibility index (Phi) is 3.17. The summed E-state index contributed by atoms with van der Waals surface area (Å²) in [5.41, 5.74) is 1.06. The zero-order valence-corrected chi connectivity index (χ0v) is 11.4. The molecule has 2 aromatic rings. The molecule has 21 heavy (non-hydrogen) atoms. The number of carbonyl (C=O) groups excluding carboxylic acids is 1. The predicted molar refractivity (Wildman–Crippen MR) is 75.1 cm³/mol. The molecule has 0 radical (unpaired) electrons. The quantitative estimate of drug-likeness (QED) is 0.887. The maximum absolute atomic E-state index is 12.2. The van der Waals surface area contributed by atoms with Crippen LogP contribution in [0.25, 0.3) is 0 Å². The van der Waals surface area contributed by atoms with Gasteiger partial charge in [0.15, 0.2) is 5.78 Å². The Hall–Kier alpha value is -2.69. The molecule has 1 unspecified atom stereocenters. The molecule has 0 aromatic heterocycles. The van der Waals surface area contributed by atoms with Crippen molar-refractivity contribution < 1.29 is 24.5 Å². The normalized spacial score (nSPS) is 17.0. The van der Waals surface area contributed by atoms with Crippen LogP contribution in [0.5, 0.6) is 23.0 Å². The molecule has 5 heteroatoms. The summed E-state index contributed by atoms with van der Waals surface area (Å²) in [5.74, 6) is 0.848. The molecule has 0 bridgehead atoms. The van der Waals surface area contributed by atoms with Crippen LogP contribution in [0.3, 0.4) is 0 Å². The molecule has 2 N–H and O–H groups in total. The molecule has 0 spiro atoms. The van der Waals surface area contributed by atoms with Crippen molar-refractivity contribution in [2.45, 2.75) is 12.5 Å². The minimum atomic E-state index is -0.546. The van der Waals surface area contributed by atoms with Gasteiger partial charge in [-0.2, -0.15) is 0 Å². The van der Waals surface area contributed by atoms with Crippen molar-refractivity contribution in [2.75, 3.05) is 7.11 Å². The van der Waals surface area contributed by atoms with E-state index >= 15 is 0 Å². The highest BCUT2D eigenvalue weighted by Gasteiger charge is 2.28. The summed E-state index contributed by atoms with van der Waals surface area (Å²) >= 11 is 0. The van der Waals surface area contributed by atoms with Gasteiger partial charge in [0.05, 0.1) is 19.1 Å². The number of carbonyl (C=O) groups is 1. The fourth-order valence-corrected chi connectivity index (χ4v) is 2.42. The number of hydrogen-bond acceptors (Lipinski definition) is 5. The average molecular weight is 286 g/mol. The Morgan fingerprint density at radius 3 is 2.52 bits per heavy atom. The molecule has 5 nitrogen and oxygen atoms in total. The fraction of sp³-hybridized carbons (Fsp3) is 0.188. The lowest BCUT2D eigenvalue weighted by atomic mass is 9.96. The molecule has 0 amide bonds. The van der Waals surface area contributed by atoms with Gasteiger partial charge >= 0.3 is 0 Å². The lowest BCUT2D eigenvalue weighted by molar-refractivity contribution is 0.0848. The van der Waals surface area contributed by atoms with Crippen molar-refractivity contribution in [3.8, 4) is 23.0 Å². The summed E-state index contributed by atoms with van der Waals surface area (Å²) in [7, 11) is 1.54. The molecular formula is C16H14O5. The number of phenols is 2. The number of phenolic OH excluding ortho intramolecular Hbond substituents is 2. The Labute approximate surface area is 121 Å². The lowest BCUT2D eigenvalue weighted by Gasteiger charge is -2.26. The van der Waals surface area contributed by atoms with Crippen molar-refractivity contribution in [1.29, 1.82) is 0 Å². The van der Waals surface area contributed by atoms with Crippen LogP contribution in [-0.4, -0.2) is 23.1 Å². The SMILES string of the molecule is COc1ccc2c(c1)OC(c1cc(O)cc(O)c1)CC2=O. The minimum Gasteiger partial charge on any atom is -0.508 e. The number of benzene rings is 2. The number of fused-ring (bicyclic) bond motifs is 1. The van der Waals surface area contributed by atoms with Crippen LogP contribution < -0.4 is 9.47 Å². The molecule has 0 fully saturated rings. The molecular weight excluding hydrogens is 272 g/mol. The van der Waals surface area contributed by atoms with Gasteiger partial charge in [-0.3, -0.25) is 4.79 Å². The molecule has 0 saturated carbocycles. The highest BCUT2D eigenvalue weighted by Crippen LogP contribution is 2.38. The van der Waals surface area contributed by atoms with Gasteiger partial charge in [-0.05, 0) is 24.3 Å². The molecule has 0 aliphatic carbocycles. The van der Waals surface area contributed by atoms with E-state index in [1.807, 2.05) is 0 Å². The number of methoxy groups -OCH3 is 1. The average Bonchev–Trinajstić information content (AvgIpc) is 2.45. The Bertz CT molecular complexity index is 688. The molecule has 108 valence electrons. The monoisotopic (exact) mass is 286 g/mol. The van der Waals surface area contributed by atoms with E-state index in [-0.39, 0.29) is 23.7 Å². The van der Waals surface area contributed by atoms with E-state index in [0.717, 1.165) is 0 Å². The largest absolute Gasteiger partial charge is 0.508 e. The first-order chi connectivity index (χ1) is 10.1. The summed E-state index contributed by atoms with van der Waals surface area (Å²) in [6.45, 7) is 0.